The Kier molecular flexibility index (Phi) is 3.83. The molecule has 1 aromatic carbocycles. The summed E-state index contributed by atoms with van der Waals surface area (Å²) >= 11 is 0. The van der Waals surface area contributed by atoms with Gasteiger partial charge in [0.1, 0.15) is 5.67 Å². The van der Waals surface area contributed by atoms with E-state index in [-0.39, 0.29) is 0 Å². The Morgan fingerprint density at radius 1 is 1.32 bits per heavy atom. The summed E-state index contributed by atoms with van der Waals surface area (Å²) < 4.78 is 20.1. The van der Waals surface area contributed by atoms with Crippen LogP contribution in [0, 0.1) is 0 Å². The molecule has 1 saturated heterocycles. The second-order valence-corrected chi connectivity index (χ2v) is 5.85. The Balaban J connectivity index is 2.07. The van der Waals surface area contributed by atoms with Crippen molar-refractivity contribution in [2.45, 2.75) is 18.5 Å². The number of esters is 1. The van der Waals surface area contributed by atoms with Gasteiger partial charge in [0.2, 0.25) is 0 Å². The summed E-state index contributed by atoms with van der Waals surface area (Å²) in [7, 11) is 3.34. The zero-order valence-electron chi connectivity index (χ0n) is 12.8. The van der Waals surface area contributed by atoms with Gasteiger partial charge in [-0.15, -0.1) is 0 Å². The number of hydrogen-bond donors (Lipinski definition) is 0. The second-order valence-electron chi connectivity index (χ2n) is 5.85. The third-order valence-electron chi connectivity index (χ3n) is 4.44. The van der Waals surface area contributed by atoms with Gasteiger partial charge in [-0.25, -0.2) is 9.18 Å². The smallest absolute Gasteiger partial charge is 0.338 e. The summed E-state index contributed by atoms with van der Waals surface area (Å²) in [6, 6.07) is 6.91. The van der Waals surface area contributed by atoms with Gasteiger partial charge >= 0.3 is 5.97 Å². The molecule has 1 aliphatic rings. The lowest BCUT2D eigenvalue weighted by Crippen LogP contribution is -2.38. The number of nitrogens with zero attached hydrogens (tertiary/aromatic N) is 2. The van der Waals surface area contributed by atoms with Crippen molar-refractivity contribution in [3.63, 3.8) is 0 Å². The van der Waals surface area contributed by atoms with Gasteiger partial charge in [0, 0.05) is 24.7 Å². The summed E-state index contributed by atoms with van der Waals surface area (Å²) in [5.74, 6) is -0.430. The van der Waals surface area contributed by atoms with Gasteiger partial charge in [-0.1, -0.05) is 6.07 Å². The summed E-state index contributed by atoms with van der Waals surface area (Å²) in [5.41, 5.74) is 0.365. The van der Waals surface area contributed by atoms with E-state index in [0.717, 1.165) is 13.1 Å². The Morgan fingerprint density at radius 2 is 2.05 bits per heavy atom. The number of aromatic nitrogens is 1. The molecule has 2 aromatic rings. The Labute approximate surface area is 128 Å². The number of ether oxygens (including phenoxy) is 1. The first-order valence-electron chi connectivity index (χ1n) is 7.38. The van der Waals surface area contributed by atoms with Crippen LogP contribution in [0.2, 0.25) is 0 Å². The van der Waals surface area contributed by atoms with Crippen LogP contribution in [-0.4, -0.2) is 43.1 Å². The van der Waals surface area contributed by atoms with E-state index in [1.807, 2.05) is 7.05 Å². The van der Waals surface area contributed by atoms with E-state index < -0.39 is 11.6 Å². The van der Waals surface area contributed by atoms with Crippen molar-refractivity contribution in [2.75, 3.05) is 27.2 Å². The maximum atomic E-state index is 15.3. The summed E-state index contributed by atoms with van der Waals surface area (Å²) in [6.07, 6.45) is 2.49. The van der Waals surface area contributed by atoms with Gasteiger partial charge in [-0.05, 0) is 43.7 Å². The van der Waals surface area contributed by atoms with Crippen LogP contribution in [0.15, 0.2) is 30.5 Å². The van der Waals surface area contributed by atoms with Crippen LogP contribution < -0.4 is 0 Å². The van der Waals surface area contributed by atoms with Gasteiger partial charge in [0.15, 0.2) is 0 Å². The summed E-state index contributed by atoms with van der Waals surface area (Å²) in [5, 5.41) is 0.641. The quantitative estimate of drug-likeness (QED) is 0.800. The van der Waals surface area contributed by atoms with Crippen LogP contribution >= 0.6 is 0 Å². The van der Waals surface area contributed by atoms with Crippen molar-refractivity contribution in [3.8, 4) is 0 Å². The van der Waals surface area contributed by atoms with Gasteiger partial charge in [0.05, 0.1) is 18.2 Å². The maximum Gasteiger partial charge on any atom is 0.338 e. The molecule has 4 nitrogen and oxygen atoms in total. The van der Waals surface area contributed by atoms with Gasteiger partial charge in [0.25, 0.3) is 0 Å². The predicted octanol–water partition coefficient (Wildman–Crippen LogP) is 2.91. The zero-order valence-corrected chi connectivity index (χ0v) is 12.8. The molecule has 0 atom stereocenters. The molecule has 0 saturated carbocycles. The fourth-order valence-electron chi connectivity index (χ4n) is 2.97. The lowest BCUT2D eigenvalue weighted by molar-refractivity contribution is 0.0601. The molecule has 0 aliphatic carbocycles. The van der Waals surface area contributed by atoms with E-state index in [1.54, 1.807) is 30.5 Å². The Hall–Kier alpha value is -2.01. The monoisotopic (exact) mass is 302 g/mol. The number of likely N-dealkylation sites (tertiary alicyclic amines) is 1. The molecular formula is C17H19FN2O2. The van der Waals surface area contributed by atoms with Crippen LogP contribution in [0.5, 0.6) is 0 Å². The van der Waals surface area contributed by atoms with E-state index in [4.69, 9.17) is 4.74 Å². The number of halogens is 1. The third-order valence-corrected chi connectivity index (χ3v) is 4.44. The molecule has 1 fully saturated rings. The van der Waals surface area contributed by atoms with E-state index >= 15 is 4.39 Å². The number of fused-ring (bicyclic) bond motifs is 1. The first kappa shape index (κ1) is 14.9. The highest BCUT2D eigenvalue weighted by molar-refractivity contribution is 6.03. The SMILES string of the molecule is COC(=O)c1ccnc2ccc(C3(F)CCN(C)CC3)cc12. The lowest BCUT2D eigenvalue weighted by Gasteiger charge is -2.35. The van der Waals surface area contributed by atoms with Gasteiger partial charge in [-0.2, -0.15) is 0 Å². The molecule has 116 valence electrons. The highest BCUT2D eigenvalue weighted by Crippen LogP contribution is 2.38. The van der Waals surface area contributed by atoms with Gasteiger partial charge in [-0.3, -0.25) is 4.98 Å². The van der Waals surface area contributed by atoms with Crippen LogP contribution in [-0.2, 0) is 10.4 Å². The number of alkyl halides is 1. The number of carbonyl (C=O) groups excluding carboxylic acids is 1. The third kappa shape index (κ3) is 2.57. The fourth-order valence-corrected chi connectivity index (χ4v) is 2.97. The molecule has 0 spiro atoms. The first-order chi connectivity index (χ1) is 10.5. The number of pyridine rings is 1. The number of rotatable bonds is 2. The normalized spacial score (nSPS) is 18.3. The minimum atomic E-state index is -1.34. The lowest BCUT2D eigenvalue weighted by atomic mass is 9.85. The number of benzene rings is 1. The van der Waals surface area contributed by atoms with Crippen molar-refractivity contribution in [1.29, 1.82) is 0 Å². The van der Waals surface area contributed by atoms with Crippen molar-refractivity contribution < 1.29 is 13.9 Å². The highest BCUT2D eigenvalue weighted by atomic mass is 19.1. The zero-order chi connectivity index (χ0) is 15.7. The first-order valence-corrected chi connectivity index (χ1v) is 7.38. The topological polar surface area (TPSA) is 42.4 Å². The molecule has 5 heteroatoms. The van der Waals surface area contributed by atoms with E-state index in [2.05, 4.69) is 9.88 Å². The summed E-state index contributed by atoms with van der Waals surface area (Å²) in [4.78, 5) is 18.3. The molecule has 3 rings (SSSR count). The standard InChI is InChI=1S/C17H19FN2O2/c1-20-9-6-17(18,7-10-20)12-3-4-15-14(11-12)13(5-8-19-15)16(21)22-2/h3-5,8,11H,6-7,9-10H2,1-2H3. The van der Waals surface area contributed by atoms with Gasteiger partial charge < -0.3 is 9.64 Å². The number of piperidine rings is 1. The molecular weight excluding hydrogens is 283 g/mol. The minimum absolute atomic E-state index is 0.422. The maximum absolute atomic E-state index is 15.3. The molecule has 0 unspecified atom stereocenters. The average molecular weight is 302 g/mol. The number of carbonyl (C=O) groups is 1. The van der Waals surface area contributed by atoms with Crippen LogP contribution in [0.4, 0.5) is 4.39 Å². The predicted molar refractivity (Wildman–Crippen MR) is 82.6 cm³/mol. The van der Waals surface area contributed by atoms with E-state index in [9.17, 15) is 4.79 Å². The number of hydrogen-bond acceptors (Lipinski definition) is 4. The molecule has 0 amide bonds. The molecule has 0 N–H and O–H groups in total. The van der Waals surface area contributed by atoms with E-state index in [0.29, 0.717) is 34.9 Å². The van der Waals surface area contributed by atoms with Crippen molar-refractivity contribution in [1.82, 2.24) is 9.88 Å². The molecule has 0 radical (unpaired) electrons. The minimum Gasteiger partial charge on any atom is -0.465 e. The Morgan fingerprint density at radius 3 is 2.73 bits per heavy atom. The number of methoxy groups -OCH3 is 1. The fraction of sp³-hybridized carbons (Fsp3) is 0.412. The molecule has 1 aromatic heterocycles. The van der Waals surface area contributed by atoms with Crippen LogP contribution in [0.25, 0.3) is 10.9 Å². The second kappa shape index (κ2) is 5.65. The highest BCUT2D eigenvalue weighted by Gasteiger charge is 2.35. The van der Waals surface area contributed by atoms with Crippen LogP contribution in [0.1, 0.15) is 28.8 Å². The largest absolute Gasteiger partial charge is 0.465 e. The molecule has 22 heavy (non-hydrogen) atoms. The molecule has 0 bridgehead atoms. The summed E-state index contributed by atoms with van der Waals surface area (Å²) in [6.45, 7) is 1.46. The van der Waals surface area contributed by atoms with Crippen LogP contribution in [0.3, 0.4) is 0 Å². The Bertz CT molecular complexity index is 709. The average Bonchev–Trinajstić information content (AvgIpc) is 2.56. The van der Waals surface area contributed by atoms with Crippen molar-refractivity contribution in [2.24, 2.45) is 0 Å². The molecule has 2 heterocycles. The van der Waals surface area contributed by atoms with Crippen molar-refractivity contribution in [3.05, 3.63) is 41.6 Å². The van der Waals surface area contributed by atoms with E-state index in [1.165, 1.54) is 7.11 Å². The molecule has 1 aliphatic heterocycles. The van der Waals surface area contributed by atoms with Crippen molar-refractivity contribution >= 4 is 16.9 Å².